The molecule has 2 atom stereocenters. The number of hydrogen-bond donors (Lipinski definition) is 3. The normalized spacial score (nSPS) is 13.9. The van der Waals surface area contributed by atoms with Gasteiger partial charge in [-0.25, -0.2) is 4.98 Å². The topological polar surface area (TPSA) is 92.0 Å². The summed E-state index contributed by atoms with van der Waals surface area (Å²) in [6.45, 7) is 3.94. The Hall–Kier alpha value is -2.14. The molecule has 2 unspecified atom stereocenters. The molecule has 0 bridgehead atoms. The lowest BCUT2D eigenvalue weighted by Gasteiger charge is -2.15. The highest BCUT2D eigenvalue weighted by Crippen LogP contribution is 2.26. The Labute approximate surface area is 117 Å². The summed E-state index contributed by atoms with van der Waals surface area (Å²) in [5, 5.41) is 10.3. The van der Waals surface area contributed by atoms with Crippen LogP contribution in [0.15, 0.2) is 30.5 Å². The number of amides is 1. The van der Waals surface area contributed by atoms with Gasteiger partial charge in [0.15, 0.2) is 0 Å². The average molecular weight is 273 g/mol. The van der Waals surface area contributed by atoms with E-state index in [1.807, 2.05) is 38.1 Å². The predicted molar refractivity (Wildman–Crippen MR) is 76.3 cm³/mol. The van der Waals surface area contributed by atoms with Crippen LogP contribution in [-0.2, 0) is 0 Å². The minimum atomic E-state index is -0.563. The highest BCUT2D eigenvalue weighted by molar-refractivity contribution is 5.90. The summed E-state index contributed by atoms with van der Waals surface area (Å²) in [6, 6.07) is 7.79. The largest absolute Gasteiger partial charge is 0.388 e. The molecule has 1 aromatic carbocycles. The zero-order valence-electron chi connectivity index (χ0n) is 11.6. The van der Waals surface area contributed by atoms with E-state index < -0.39 is 12.0 Å². The van der Waals surface area contributed by atoms with Crippen molar-refractivity contribution in [1.29, 1.82) is 0 Å². The molecule has 1 amide bonds. The number of aliphatic hydroxyl groups is 1. The molecule has 0 saturated heterocycles. The summed E-state index contributed by atoms with van der Waals surface area (Å²) < 4.78 is 0. The standard InChI is InChI=1S/C15H19N3O2/c1-9-4-3-5-11(6-9)13(19)7-10(2)15-17-8-12(18-15)14(16)20/h3-6,8,10,13,19H,7H2,1-2H3,(H2,16,20)(H,17,18). The van der Waals surface area contributed by atoms with E-state index in [0.29, 0.717) is 12.2 Å². The number of imidazole rings is 1. The van der Waals surface area contributed by atoms with E-state index in [9.17, 15) is 9.90 Å². The number of aliphatic hydroxyl groups excluding tert-OH is 1. The predicted octanol–water partition coefficient (Wildman–Crippen LogP) is 2.04. The number of aryl methyl sites for hydroxylation is 1. The zero-order valence-corrected chi connectivity index (χ0v) is 11.6. The summed E-state index contributed by atoms with van der Waals surface area (Å²) >= 11 is 0. The molecule has 0 radical (unpaired) electrons. The van der Waals surface area contributed by atoms with Gasteiger partial charge in [0.1, 0.15) is 11.5 Å². The molecule has 0 fully saturated rings. The van der Waals surface area contributed by atoms with Crippen molar-refractivity contribution < 1.29 is 9.90 Å². The fourth-order valence-corrected chi connectivity index (χ4v) is 2.17. The van der Waals surface area contributed by atoms with Crippen molar-refractivity contribution in [3.05, 3.63) is 53.1 Å². The molecule has 106 valence electrons. The molecule has 2 aromatic rings. The Morgan fingerprint density at radius 3 is 2.85 bits per heavy atom. The molecule has 20 heavy (non-hydrogen) atoms. The number of primary amides is 1. The molecular formula is C15H19N3O2. The van der Waals surface area contributed by atoms with Crippen LogP contribution in [0.25, 0.3) is 0 Å². The lowest BCUT2D eigenvalue weighted by Crippen LogP contribution is -2.11. The first-order chi connectivity index (χ1) is 9.47. The summed E-state index contributed by atoms with van der Waals surface area (Å²) in [6.07, 6.45) is 1.38. The molecule has 4 N–H and O–H groups in total. The molecule has 5 nitrogen and oxygen atoms in total. The highest BCUT2D eigenvalue weighted by Gasteiger charge is 2.17. The maximum Gasteiger partial charge on any atom is 0.266 e. The molecule has 1 aromatic heterocycles. The van der Waals surface area contributed by atoms with Crippen LogP contribution in [0.1, 0.15) is 52.8 Å². The van der Waals surface area contributed by atoms with Crippen LogP contribution in [0.2, 0.25) is 0 Å². The minimum Gasteiger partial charge on any atom is -0.388 e. The Morgan fingerprint density at radius 2 is 2.25 bits per heavy atom. The zero-order chi connectivity index (χ0) is 14.7. The van der Waals surface area contributed by atoms with Crippen molar-refractivity contribution in [3.63, 3.8) is 0 Å². The number of benzene rings is 1. The third-order valence-corrected chi connectivity index (χ3v) is 3.33. The van der Waals surface area contributed by atoms with Gasteiger partial charge < -0.3 is 15.8 Å². The Balaban J connectivity index is 2.06. The molecule has 0 spiro atoms. The first-order valence-electron chi connectivity index (χ1n) is 6.56. The van der Waals surface area contributed by atoms with Crippen LogP contribution in [0.3, 0.4) is 0 Å². The number of H-pyrrole nitrogens is 1. The van der Waals surface area contributed by atoms with Crippen molar-refractivity contribution in [2.45, 2.75) is 32.3 Å². The SMILES string of the molecule is Cc1cccc(C(O)CC(C)c2ncc(C(N)=O)[nH]2)c1. The maximum absolute atomic E-state index is 11.0. The monoisotopic (exact) mass is 273 g/mol. The van der Waals surface area contributed by atoms with Gasteiger partial charge in [0.25, 0.3) is 5.91 Å². The number of carbonyl (C=O) groups excluding carboxylic acids is 1. The fourth-order valence-electron chi connectivity index (χ4n) is 2.17. The second kappa shape index (κ2) is 5.88. The van der Waals surface area contributed by atoms with Crippen molar-refractivity contribution in [2.75, 3.05) is 0 Å². The molecule has 0 aliphatic carbocycles. The summed E-state index contributed by atoms with van der Waals surface area (Å²) in [5.41, 5.74) is 7.47. The van der Waals surface area contributed by atoms with Crippen LogP contribution in [0.4, 0.5) is 0 Å². The van der Waals surface area contributed by atoms with Crippen molar-refractivity contribution >= 4 is 5.91 Å². The van der Waals surface area contributed by atoms with E-state index in [2.05, 4.69) is 9.97 Å². The van der Waals surface area contributed by atoms with Crippen LogP contribution < -0.4 is 5.73 Å². The third kappa shape index (κ3) is 3.24. The van der Waals surface area contributed by atoms with Gasteiger partial charge in [-0.3, -0.25) is 4.79 Å². The van der Waals surface area contributed by atoms with Crippen molar-refractivity contribution in [2.24, 2.45) is 5.73 Å². The summed E-state index contributed by atoms with van der Waals surface area (Å²) in [7, 11) is 0. The number of carbonyl (C=O) groups is 1. The Kier molecular flexibility index (Phi) is 4.20. The molecule has 0 saturated carbocycles. The van der Waals surface area contributed by atoms with Crippen molar-refractivity contribution in [1.82, 2.24) is 9.97 Å². The number of aromatic nitrogens is 2. The smallest absolute Gasteiger partial charge is 0.266 e. The van der Waals surface area contributed by atoms with E-state index in [1.54, 1.807) is 0 Å². The number of nitrogens with one attached hydrogen (secondary N) is 1. The second-order valence-electron chi connectivity index (χ2n) is 5.11. The number of nitrogens with two attached hydrogens (primary N) is 1. The minimum absolute atomic E-state index is 0.00128. The van der Waals surface area contributed by atoms with Gasteiger partial charge in [0.2, 0.25) is 0 Å². The first-order valence-corrected chi connectivity index (χ1v) is 6.56. The Bertz CT molecular complexity index is 607. The van der Waals surface area contributed by atoms with Gasteiger partial charge in [-0.05, 0) is 18.9 Å². The number of hydrogen-bond acceptors (Lipinski definition) is 3. The van der Waals surface area contributed by atoms with Crippen LogP contribution in [0.5, 0.6) is 0 Å². The Morgan fingerprint density at radius 1 is 1.50 bits per heavy atom. The lowest BCUT2D eigenvalue weighted by atomic mass is 9.97. The van der Waals surface area contributed by atoms with Gasteiger partial charge in [0, 0.05) is 5.92 Å². The fraction of sp³-hybridized carbons (Fsp3) is 0.333. The molecule has 0 aliphatic heterocycles. The molecule has 1 heterocycles. The second-order valence-corrected chi connectivity index (χ2v) is 5.11. The molecule has 2 rings (SSSR count). The molecular weight excluding hydrogens is 254 g/mol. The lowest BCUT2D eigenvalue weighted by molar-refractivity contribution is 0.0996. The van der Waals surface area contributed by atoms with Crippen LogP contribution in [-0.4, -0.2) is 21.0 Å². The van der Waals surface area contributed by atoms with Gasteiger partial charge in [-0.15, -0.1) is 0 Å². The molecule has 0 aliphatic rings. The van der Waals surface area contributed by atoms with Crippen LogP contribution >= 0.6 is 0 Å². The van der Waals surface area contributed by atoms with E-state index >= 15 is 0 Å². The van der Waals surface area contributed by atoms with Gasteiger partial charge in [-0.2, -0.15) is 0 Å². The van der Waals surface area contributed by atoms with Crippen molar-refractivity contribution in [3.8, 4) is 0 Å². The number of nitrogens with zero attached hydrogens (tertiary/aromatic N) is 1. The first kappa shape index (κ1) is 14.3. The quantitative estimate of drug-likeness (QED) is 0.778. The van der Waals surface area contributed by atoms with E-state index in [1.165, 1.54) is 6.20 Å². The number of rotatable bonds is 5. The van der Waals surface area contributed by atoms with E-state index in [0.717, 1.165) is 11.1 Å². The summed E-state index contributed by atoms with van der Waals surface area (Å²) in [4.78, 5) is 18.0. The highest BCUT2D eigenvalue weighted by atomic mass is 16.3. The third-order valence-electron chi connectivity index (χ3n) is 3.33. The molecule has 5 heteroatoms. The van der Waals surface area contributed by atoms with E-state index in [-0.39, 0.29) is 11.6 Å². The van der Waals surface area contributed by atoms with Gasteiger partial charge in [0.05, 0.1) is 12.3 Å². The van der Waals surface area contributed by atoms with Crippen LogP contribution in [0, 0.1) is 6.92 Å². The van der Waals surface area contributed by atoms with Gasteiger partial charge in [-0.1, -0.05) is 36.8 Å². The van der Waals surface area contributed by atoms with E-state index in [4.69, 9.17) is 5.73 Å². The average Bonchev–Trinajstić information content (AvgIpc) is 2.88. The van der Waals surface area contributed by atoms with Gasteiger partial charge >= 0.3 is 0 Å². The maximum atomic E-state index is 11.0. The number of aromatic amines is 1. The summed E-state index contributed by atoms with van der Waals surface area (Å²) in [5.74, 6) is 0.124.